The van der Waals surface area contributed by atoms with E-state index in [1.165, 1.54) is 16.4 Å². The Morgan fingerprint density at radius 2 is 1.78 bits per heavy atom. The predicted molar refractivity (Wildman–Crippen MR) is 82.4 cm³/mol. The normalized spacial score (nSPS) is 13.3. The van der Waals surface area contributed by atoms with Crippen LogP contribution in [0.25, 0.3) is 0 Å². The second kappa shape index (κ2) is 7.31. The van der Waals surface area contributed by atoms with Crippen LogP contribution in [0.15, 0.2) is 47.5 Å². The summed E-state index contributed by atoms with van der Waals surface area (Å²) in [5.41, 5.74) is 0.734. The summed E-state index contributed by atoms with van der Waals surface area (Å²) in [5.74, 6) is -0.564. The molecule has 1 atom stereocenters. The lowest BCUT2D eigenvalue weighted by Crippen LogP contribution is -2.34. The molecule has 0 bridgehead atoms. The monoisotopic (exact) mass is 344 g/mol. The van der Waals surface area contributed by atoms with Crippen molar-refractivity contribution in [3.05, 3.63) is 59.5 Å². The first-order chi connectivity index (χ1) is 10.8. The number of alkyl halides is 3. The molecule has 23 heavy (non-hydrogen) atoms. The third-order valence-corrected chi connectivity index (χ3v) is 4.29. The molecule has 0 N–H and O–H groups in total. The number of aryl methyl sites for hydroxylation is 1. The predicted octanol–water partition coefficient (Wildman–Crippen LogP) is 5.16. The largest absolute Gasteiger partial charge is 0.408 e. The fourth-order valence-electron chi connectivity index (χ4n) is 2.15. The first-order valence-corrected chi connectivity index (χ1v) is 7.79. The van der Waals surface area contributed by atoms with Gasteiger partial charge in [0.05, 0.1) is 0 Å². The summed E-state index contributed by atoms with van der Waals surface area (Å²) in [7, 11) is 0. The van der Waals surface area contributed by atoms with Gasteiger partial charge in [0, 0.05) is 12.2 Å². The summed E-state index contributed by atoms with van der Waals surface area (Å²) < 4.78 is 54.9. The van der Waals surface area contributed by atoms with Crippen molar-refractivity contribution in [1.82, 2.24) is 9.29 Å². The van der Waals surface area contributed by atoms with Crippen LogP contribution in [0.1, 0.15) is 24.2 Å². The molecule has 0 spiro atoms. The van der Waals surface area contributed by atoms with Crippen molar-refractivity contribution in [2.24, 2.45) is 0 Å². The molecular formula is C16H16F4N2S. The van der Waals surface area contributed by atoms with Gasteiger partial charge in [0.2, 0.25) is 0 Å². The average Bonchev–Trinajstić information content (AvgIpc) is 2.47. The maximum absolute atomic E-state index is 13.6. The molecule has 0 amide bonds. The molecule has 0 fully saturated rings. The molecule has 1 heterocycles. The van der Waals surface area contributed by atoms with Crippen LogP contribution in [0, 0.1) is 12.7 Å². The zero-order valence-electron chi connectivity index (χ0n) is 12.6. The number of halogens is 4. The number of benzene rings is 1. The number of rotatable bonds is 5. The first kappa shape index (κ1) is 17.7. The second-order valence-corrected chi connectivity index (χ2v) is 6.01. The van der Waals surface area contributed by atoms with E-state index in [4.69, 9.17) is 0 Å². The van der Waals surface area contributed by atoms with Crippen molar-refractivity contribution < 1.29 is 17.6 Å². The lowest BCUT2D eigenvalue weighted by molar-refractivity contribution is -0.172. The van der Waals surface area contributed by atoms with Gasteiger partial charge in [-0.2, -0.15) is 13.2 Å². The molecule has 1 aromatic carbocycles. The Morgan fingerprint density at radius 1 is 1.13 bits per heavy atom. The van der Waals surface area contributed by atoms with E-state index in [0.717, 1.165) is 29.8 Å². The Balaban J connectivity index is 2.34. The molecule has 2 nitrogen and oxygen atoms in total. The van der Waals surface area contributed by atoms with Gasteiger partial charge >= 0.3 is 6.18 Å². The molecular weight excluding hydrogens is 328 g/mol. The summed E-state index contributed by atoms with van der Waals surface area (Å²) in [4.78, 5) is 4.23. The fraction of sp³-hybridized carbons (Fsp3) is 0.312. The van der Waals surface area contributed by atoms with E-state index in [0.29, 0.717) is 5.03 Å². The van der Waals surface area contributed by atoms with Crippen LogP contribution in [0.2, 0.25) is 0 Å². The van der Waals surface area contributed by atoms with Crippen LogP contribution >= 0.6 is 11.9 Å². The minimum Gasteiger partial charge on any atom is -0.246 e. The zero-order valence-corrected chi connectivity index (χ0v) is 13.5. The minimum atomic E-state index is -4.48. The van der Waals surface area contributed by atoms with Crippen LogP contribution in [0.4, 0.5) is 17.6 Å². The minimum absolute atomic E-state index is 0.000836. The van der Waals surface area contributed by atoms with Crippen LogP contribution < -0.4 is 0 Å². The lowest BCUT2D eigenvalue weighted by atomic mass is 10.1. The number of nitrogens with zero attached hydrogens (tertiary/aromatic N) is 2. The van der Waals surface area contributed by atoms with E-state index in [9.17, 15) is 17.6 Å². The van der Waals surface area contributed by atoms with Crippen LogP contribution in [-0.4, -0.2) is 22.0 Å². The smallest absolute Gasteiger partial charge is 0.246 e. The maximum Gasteiger partial charge on any atom is 0.408 e. The van der Waals surface area contributed by atoms with Gasteiger partial charge < -0.3 is 0 Å². The maximum atomic E-state index is 13.6. The summed E-state index contributed by atoms with van der Waals surface area (Å²) >= 11 is 0.945. The van der Waals surface area contributed by atoms with Gasteiger partial charge in [-0.05, 0) is 48.7 Å². The zero-order chi connectivity index (χ0) is 17.0. The highest BCUT2D eigenvalue weighted by Gasteiger charge is 2.45. The third-order valence-electron chi connectivity index (χ3n) is 3.17. The van der Waals surface area contributed by atoms with Crippen molar-refractivity contribution in [3.63, 3.8) is 0 Å². The van der Waals surface area contributed by atoms with Crippen molar-refractivity contribution in [2.75, 3.05) is 6.54 Å². The van der Waals surface area contributed by atoms with Gasteiger partial charge in [-0.25, -0.2) is 13.7 Å². The quantitative estimate of drug-likeness (QED) is 0.550. The topological polar surface area (TPSA) is 16.1 Å². The van der Waals surface area contributed by atoms with Crippen LogP contribution in [0.3, 0.4) is 0 Å². The standard InChI is InChI=1S/C16H16F4N2S/c1-3-22(23-14-6-4-5-11(2)21-14)15(16(18,19)20)12-7-9-13(17)10-8-12/h4-10,15H,3H2,1-2H3/t15-/m1/s1. The number of aromatic nitrogens is 1. The van der Waals surface area contributed by atoms with E-state index in [-0.39, 0.29) is 12.1 Å². The highest BCUT2D eigenvalue weighted by molar-refractivity contribution is 7.97. The Hall–Kier alpha value is -1.60. The van der Waals surface area contributed by atoms with Gasteiger partial charge in [-0.3, -0.25) is 0 Å². The van der Waals surface area contributed by atoms with Crippen molar-refractivity contribution >= 4 is 11.9 Å². The SMILES string of the molecule is CCN(Sc1cccc(C)n1)[C@H](c1ccc(F)cc1)C(F)(F)F. The first-order valence-electron chi connectivity index (χ1n) is 7.01. The lowest BCUT2D eigenvalue weighted by Gasteiger charge is -2.31. The van der Waals surface area contributed by atoms with Gasteiger partial charge in [0.1, 0.15) is 16.9 Å². The molecule has 0 aliphatic rings. The summed E-state index contributed by atoms with van der Waals surface area (Å²) in [6, 6.07) is 7.77. The molecule has 0 aliphatic heterocycles. The molecule has 7 heteroatoms. The van der Waals surface area contributed by atoms with E-state index < -0.39 is 18.0 Å². The molecule has 0 unspecified atom stereocenters. The van der Waals surface area contributed by atoms with Crippen LogP contribution in [0.5, 0.6) is 0 Å². The highest BCUT2D eigenvalue weighted by atomic mass is 32.2. The van der Waals surface area contributed by atoms with E-state index >= 15 is 0 Å². The van der Waals surface area contributed by atoms with Gasteiger partial charge in [-0.1, -0.05) is 25.1 Å². The molecule has 0 saturated carbocycles. The second-order valence-electron chi connectivity index (χ2n) is 4.94. The van der Waals surface area contributed by atoms with Gasteiger partial charge in [-0.15, -0.1) is 0 Å². The summed E-state index contributed by atoms with van der Waals surface area (Å²) in [5, 5.41) is 0.489. The summed E-state index contributed by atoms with van der Waals surface area (Å²) in [6.07, 6.45) is -4.48. The Bertz CT molecular complexity index is 643. The number of hydrogen-bond acceptors (Lipinski definition) is 3. The van der Waals surface area contributed by atoms with E-state index in [1.807, 2.05) is 0 Å². The van der Waals surface area contributed by atoms with Crippen molar-refractivity contribution in [2.45, 2.75) is 31.1 Å². The van der Waals surface area contributed by atoms with E-state index in [2.05, 4.69) is 4.98 Å². The fourth-order valence-corrected chi connectivity index (χ4v) is 3.19. The molecule has 1 aromatic heterocycles. The molecule has 0 aliphatic carbocycles. The Kier molecular flexibility index (Phi) is 5.64. The van der Waals surface area contributed by atoms with Crippen molar-refractivity contribution in [3.8, 4) is 0 Å². The highest BCUT2D eigenvalue weighted by Crippen LogP contribution is 2.42. The molecule has 0 radical (unpaired) electrons. The Labute approximate surface area is 136 Å². The molecule has 2 rings (SSSR count). The summed E-state index contributed by atoms with van der Waals surface area (Å²) in [6.45, 7) is 3.58. The number of hydrogen-bond donors (Lipinski definition) is 0. The van der Waals surface area contributed by atoms with Crippen molar-refractivity contribution in [1.29, 1.82) is 0 Å². The molecule has 2 aromatic rings. The number of pyridine rings is 1. The van der Waals surface area contributed by atoms with Gasteiger partial charge in [0.25, 0.3) is 0 Å². The van der Waals surface area contributed by atoms with E-state index in [1.54, 1.807) is 32.0 Å². The van der Waals surface area contributed by atoms with Gasteiger partial charge in [0.15, 0.2) is 0 Å². The molecule has 124 valence electrons. The van der Waals surface area contributed by atoms with Crippen LogP contribution in [-0.2, 0) is 0 Å². The average molecular weight is 344 g/mol. The molecule has 0 saturated heterocycles. The third kappa shape index (κ3) is 4.68. The Morgan fingerprint density at radius 3 is 2.30 bits per heavy atom.